The number of ketones is 1. The van der Waals surface area contributed by atoms with Crippen LogP contribution in [0.3, 0.4) is 0 Å². The van der Waals surface area contributed by atoms with Gasteiger partial charge in [0.15, 0.2) is 5.78 Å². The number of para-hydroxylation sites is 1. The fraction of sp³-hybridized carbons (Fsp3) is 0.429. The van der Waals surface area contributed by atoms with Crippen molar-refractivity contribution >= 4 is 17.7 Å². The minimum absolute atomic E-state index is 0.169. The standard InChI is InChI=1S/C14H15NO/c1-9-6-7-10-12(9)8-15-13-5-3-2-4-11(13)14(10)16/h2-5,8-10,12H,6-7H2,1H3/t9?,10?,12-/m1/s1. The van der Waals surface area contributed by atoms with Gasteiger partial charge in [-0.2, -0.15) is 0 Å². The molecule has 2 heteroatoms. The maximum atomic E-state index is 12.4. The first kappa shape index (κ1) is 9.76. The highest BCUT2D eigenvalue weighted by atomic mass is 16.1. The van der Waals surface area contributed by atoms with Crippen molar-refractivity contribution in [3.8, 4) is 0 Å². The number of aliphatic imine (C=N–C) groups is 1. The Hall–Kier alpha value is -1.44. The first-order valence-electron chi connectivity index (χ1n) is 5.95. The Morgan fingerprint density at radius 1 is 1.25 bits per heavy atom. The number of carbonyl (C=O) groups is 1. The van der Waals surface area contributed by atoms with Gasteiger partial charge in [0.2, 0.25) is 0 Å². The van der Waals surface area contributed by atoms with E-state index in [9.17, 15) is 4.79 Å². The number of nitrogens with zero attached hydrogens (tertiary/aromatic N) is 1. The molecule has 16 heavy (non-hydrogen) atoms. The van der Waals surface area contributed by atoms with Crippen molar-refractivity contribution in [2.24, 2.45) is 22.7 Å². The van der Waals surface area contributed by atoms with Gasteiger partial charge in [-0.25, -0.2) is 0 Å². The van der Waals surface area contributed by atoms with Gasteiger partial charge in [0.05, 0.1) is 5.69 Å². The Kier molecular flexibility index (Phi) is 2.16. The molecule has 0 aromatic heterocycles. The fourth-order valence-corrected chi connectivity index (χ4v) is 2.94. The third kappa shape index (κ3) is 1.33. The zero-order valence-corrected chi connectivity index (χ0v) is 9.39. The number of Topliss-reactive ketones (excluding diaryl/α,β-unsaturated/α-hetero) is 1. The summed E-state index contributed by atoms with van der Waals surface area (Å²) in [6.45, 7) is 2.22. The summed E-state index contributed by atoms with van der Waals surface area (Å²) in [6, 6.07) is 7.69. The van der Waals surface area contributed by atoms with Gasteiger partial charge in [-0.05, 0) is 30.9 Å². The smallest absolute Gasteiger partial charge is 0.168 e. The van der Waals surface area contributed by atoms with Crippen LogP contribution in [0.4, 0.5) is 5.69 Å². The Morgan fingerprint density at radius 2 is 2.06 bits per heavy atom. The summed E-state index contributed by atoms with van der Waals surface area (Å²) in [7, 11) is 0. The van der Waals surface area contributed by atoms with Crippen LogP contribution in [-0.4, -0.2) is 12.0 Å². The van der Waals surface area contributed by atoms with E-state index in [1.54, 1.807) is 0 Å². The molecule has 1 aromatic carbocycles. The lowest BCUT2D eigenvalue weighted by Gasteiger charge is -2.15. The topological polar surface area (TPSA) is 29.4 Å². The molecule has 0 N–H and O–H groups in total. The maximum Gasteiger partial charge on any atom is 0.168 e. The zero-order valence-electron chi connectivity index (χ0n) is 9.39. The number of benzene rings is 1. The molecule has 1 heterocycles. The molecular formula is C14H15NO. The molecule has 1 aliphatic heterocycles. The van der Waals surface area contributed by atoms with Gasteiger partial charge in [0, 0.05) is 23.6 Å². The van der Waals surface area contributed by atoms with Gasteiger partial charge in [0.1, 0.15) is 0 Å². The maximum absolute atomic E-state index is 12.4. The van der Waals surface area contributed by atoms with E-state index in [0.717, 1.165) is 24.1 Å². The largest absolute Gasteiger partial charge is 0.294 e. The molecule has 0 amide bonds. The van der Waals surface area contributed by atoms with Gasteiger partial charge in [-0.15, -0.1) is 0 Å². The van der Waals surface area contributed by atoms with Crippen LogP contribution in [0.2, 0.25) is 0 Å². The minimum Gasteiger partial charge on any atom is -0.294 e. The minimum atomic E-state index is 0.169. The molecule has 2 unspecified atom stereocenters. The van der Waals surface area contributed by atoms with E-state index < -0.39 is 0 Å². The highest BCUT2D eigenvalue weighted by Crippen LogP contribution is 2.41. The Morgan fingerprint density at radius 3 is 2.94 bits per heavy atom. The first-order chi connectivity index (χ1) is 7.77. The van der Waals surface area contributed by atoms with Crippen LogP contribution in [0.15, 0.2) is 29.3 Å². The molecule has 1 aliphatic carbocycles. The van der Waals surface area contributed by atoms with Crippen molar-refractivity contribution in [1.29, 1.82) is 0 Å². The van der Waals surface area contributed by atoms with Crippen LogP contribution >= 0.6 is 0 Å². The number of carbonyl (C=O) groups excluding carboxylic acids is 1. The summed E-state index contributed by atoms with van der Waals surface area (Å²) in [5, 5.41) is 0. The van der Waals surface area contributed by atoms with E-state index in [-0.39, 0.29) is 5.92 Å². The SMILES string of the molecule is CC1CCC2C(=O)c3ccccc3N=C[C@H]12. The second-order valence-electron chi connectivity index (χ2n) is 4.90. The van der Waals surface area contributed by atoms with E-state index in [2.05, 4.69) is 11.9 Å². The lowest BCUT2D eigenvalue weighted by molar-refractivity contribution is 0.0908. The number of hydrogen-bond acceptors (Lipinski definition) is 2. The number of fused-ring (bicyclic) bond motifs is 2. The Bertz CT molecular complexity index is 464. The first-order valence-corrected chi connectivity index (χ1v) is 5.95. The molecule has 3 atom stereocenters. The van der Waals surface area contributed by atoms with Crippen molar-refractivity contribution < 1.29 is 4.79 Å². The lowest BCUT2D eigenvalue weighted by Crippen LogP contribution is -2.21. The quantitative estimate of drug-likeness (QED) is 0.650. The van der Waals surface area contributed by atoms with Gasteiger partial charge < -0.3 is 0 Å². The van der Waals surface area contributed by atoms with Crippen molar-refractivity contribution in [3.63, 3.8) is 0 Å². The number of hydrogen-bond donors (Lipinski definition) is 0. The molecule has 1 fully saturated rings. The van der Waals surface area contributed by atoms with Gasteiger partial charge >= 0.3 is 0 Å². The molecule has 0 radical (unpaired) electrons. The normalized spacial score (nSPS) is 32.1. The Balaban J connectivity index is 2.10. The van der Waals surface area contributed by atoms with Crippen molar-refractivity contribution in [3.05, 3.63) is 29.8 Å². The summed E-state index contributed by atoms with van der Waals surface area (Å²) < 4.78 is 0. The summed E-state index contributed by atoms with van der Waals surface area (Å²) in [5.41, 5.74) is 1.65. The third-order valence-corrected chi connectivity index (χ3v) is 3.95. The van der Waals surface area contributed by atoms with Crippen LogP contribution in [0.1, 0.15) is 30.1 Å². The zero-order chi connectivity index (χ0) is 11.1. The highest BCUT2D eigenvalue weighted by Gasteiger charge is 2.39. The summed E-state index contributed by atoms with van der Waals surface area (Å²) in [6.07, 6.45) is 4.17. The van der Waals surface area contributed by atoms with Crippen LogP contribution < -0.4 is 0 Å². The molecule has 0 spiro atoms. The van der Waals surface area contributed by atoms with Gasteiger partial charge in [-0.3, -0.25) is 9.79 Å². The van der Waals surface area contributed by atoms with Crippen LogP contribution in [0, 0.1) is 17.8 Å². The van der Waals surface area contributed by atoms with Gasteiger partial charge in [-0.1, -0.05) is 19.1 Å². The van der Waals surface area contributed by atoms with Crippen LogP contribution in [-0.2, 0) is 0 Å². The van der Waals surface area contributed by atoms with Gasteiger partial charge in [0.25, 0.3) is 0 Å². The van der Waals surface area contributed by atoms with E-state index in [4.69, 9.17) is 0 Å². The molecule has 3 rings (SSSR count). The molecule has 2 nitrogen and oxygen atoms in total. The molecule has 1 aromatic rings. The fourth-order valence-electron chi connectivity index (χ4n) is 2.94. The summed E-state index contributed by atoms with van der Waals surface area (Å²) in [4.78, 5) is 16.9. The average Bonchev–Trinajstić information content (AvgIpc) is 2.60. The number of rotatable bonds is 0. The van der Waals surface area contributed by atoms with E-state index in [1.165, 1.54) is 0 Å². The summed E-state index contributed by atoms with van der Waals surface area (Å²) >= 11 is 0. The molecular weight excluding hydrogens is 198 g/mol. The second kappa shape index (κ2) is 3.55. The lowest BCUT2D eigenvalue weighted by atomic mass is 9.87. The van der Waals surface area contributed by atoms with E-state index in [0.29, 0.717) is 17.6 Å². The predicted molar refractivity (Wildman–Crippen MR) is 64.3 cm³/mol. The molecule has 0 bridgehead atoms. The van der Waals surface area contributed by atoms with E-state index >= 15 is 0 Å². The summed E-state index contributed by atoms with van der Waals surface area (Å²) in [5.74, 6) is 1.40. The van der Waals surface area contributed by atoms with Crippen LogP contribution in [0.5, 0.6) is 0 Å². The molecule has 0 saturated heterocycles. The average molecular weight is 213 g/mol. The second-order valence-corrected chi connectivity index (χ2v) is 4.90. The Labute approximate surface area is 95.4 Å². The molecule has 1 saturated carbocycles. The third-order valence-electron chi connectivity index (χ3n) is 3.95. The van der Waals surface area contributed by atoms with Crippen molar-refractivity contribution in [2.75, 3.05) is 0 Å². The monoisotopic (exact) mass is 213 g/mol. The van der Waals surface area contributed by atoms with Crippen LogP contribution in [0.25, 0.3) is 0 Å². The molecule has 2 aliphatic rings. The predicted octanol–water partition coefficient (Wildman–Crippen LogP) is 3.25. The molecule has 82 valence electrons. The van der Waals surface area contributed by atoms with E-state index in [1.807, 2.05) is 30.5 Å². The van der Waals surface area contributed by atoms with Crippen molar-refractivity contribution in [1.82, 2.24) is 0 Å². The van der Waals surface area contributed by atoms with Crippen molar-refractivity contribution in [2.45, 2.75) is 19.8 Å². The highest BCUT2D eigenvalue weighted by molar-refractivity contribution is 6.05.